The molecule has 0 N–H and O–H groups in total. The van der Waals surface area contributed by atoms with Crippen LogP contribution in [0, 0.1) is 20.0 Å². The van der Waals surface area contributed by atoms with Gasteiger partial charge >= 0.3 is 33.9 Å². The van der Waals surface area contributed by atoms with Crippen molar-refractivity contribution in [3.8, 4) is 0 Å². The fraction of sp³-hybridized carbons (Fsp3) is 0.100. The van der Waals surface area contributed by atoms with E-state index in [2.05, 4.69) is 141 Å². The molecule has 0 aromatic heterocycles. The molecule has 0 atom stereocenters. The zero-order chi connectivity index (χ0) is 25.7. The molecule has 0 aliphatic carbocycles. The van der Waals surface area contributed by atoms with E-state index in [-0.39, 0.29) is 32.9 Å². The van der Waals surface area contributed by atoms with E-state index < -0.39 is 0 Å². The summed E-state index contributed by atoms with van der Waals surface area (Å²) in [6, 6.07) is 44.3. The summed E-state index contributed by atoms with van der Waals surface area (Å²) in [6.45, 7) is 13.5. The first-order valence-electron chi connectivity index (χ1n) is 10.8. The molecule has 0 spiro atoms. The summed E-state index contributed by atoms with van der Waals surface area (Å²) in [7, 11) is -0.618. The quantitative estimate of drug-likeness (QED) is 0.120. The van der Waals surface area contributed by atoms with E-state index in [4.69, 9.17) is 14.0 Å². The Bertz CT molecular complexity index is 943. The standard InChI is InChI=1S/C27H26P2.3CO.Mn/c1-5-14-24(15-6-1)28(25-16-7-2-8-17-25)22-13-23-29(26-18-9-3-10-19-26)27-20-11-4-12-21-27;3*1-2;/h1-12,14-21H,13,22-23H2;;;;. The van der Waals surface area contributed by atoms with Gasteiger partial charge in [-0.2, -0.15) is 0 Å². The zero-order valence-electron chi connectivity index (χ0n) is 19.7. The average Bonchev–Trinajstić information content (AvgIpc) is 2.98. The average molecular weight is 551 g/mol. The smallest absolute Gasteiger partial charge is 0 e. The second-order valence-corrected chi connectivity index (χ2v) is 11.7. The number of benzene rings is 4. The molecule has 0 amide bonds. The van der Waals surface area contributed by atoms with Crippen LogP contribution in [0.3, 0.4) is 0 Å². The van der Waals surface area contributed by atoms with Crippen LogP contribution in [0.15, 0.2) is 121 Å². The molecule has 0 bridgehead atoms. The maximum absolute atomic E-state index is 7.50. The molecule has 3 nitrogen and oxygen atoms in total. The van der Waals surface area contributed by atoms with Crippen molar-refractivity contribution in [3.63, 3.8) is 0 Å². The van der Waals surface area contributed by atoms with Gasteiger partial charge in [0.2, 0.25) is 0 Å². The molecule has 0 aliphatic rings. The maximum atomic E-state index is 7.50. The predicted octanol–water partition coefficient (Wildman–Crippen LogP) is 5.53. The summed E-state index contributed by atoms with van der Waals surface area (Å²) in [5.41, 5.74) is 0. The van der Waals surface area contributed by atoms with Crippen LogP contribution in [0.1, 0.15) is 6.42 Å². The Morgan fingerprint density at radius 2 is 0.583 bits per heavy atom. The molecule has 181 valence electrons. The van der Waals surface area contributed by atoms with Crippen molar-refractivity contribution in [2.75, 3.05) is 12.3 Å². The molecule has 36 heavy (non-hydrogen) atoms. The van der Waals surface area contributed by atoms with Crippen LogP contribution in [0.4, 0.5) is 0 Å². The van der Waals surface area contributed by atoms with Crippen molar-refractivity contribution in [2.45, 2.75) is 6.42 Å². The minimum absolute atomic E-state index is 0. The third-order valence-electron chi connectivity index (χ3n) is 5.03. The fourth-order valence-electron chi connectivity index (χ4n) is 3.63. The van der Waals surface area contributed by atoms with Gasteiger partial charge < -0.3 is 0 Å². The summed E-state index contributed by atoms with van der Waals surface area (Å²) in [5.74, 6) is 0. The van der Waals surface area contributed by atoms with Gasteiger partial charge in [0.25, 0.3) is 0 Å². The molecule has 0 fully saturated rings. The summed E-state index contributed by atoms with van der Waals surface area (Å²) in [6.07, 6.45) is 3.72. The Balaban J connectivity index is 0.00000163. The van der Waals surface area contributed by atoms with Crippen LogP contribution >= 0.6 is 15.8 Å². The molecule has 4 aromatic carbocycles. The topological polar surface area (TPSA) is 59.7 Å². The van der Waals surface area contributed by atoms with Gasteiger partial charge in [0, 0.05) is 17.1 Å². The molecule has 1 radical (unpaired) electrons. The first-order valence-corrected chi connectivity index (χ1v) is 13.8. The summed E-state index contributed by atoms with van der Waals surface area (Å²) in [4.78, 5) is 0. The second-order valence-electron chi connectivity index (χ2n) is 7.00. The van der Waals surface area contributed by atoms with E-state index >= 15 is 0 Å². The normalized spacial score (nSPS) is 9.11. The molecule has 0 heterocycles. The maximum Gasteiger partial charge on any atom is 0 e. The zero-order valence-corrected chi connectivity index (χ0v) is 22.6. The monoisotopic (exact) mass is 551 g/mol. The molecule has 0 saturated carbocycles. The van der Waals surface area contributed by atoms with Crippen LogP contribution in [0.25, 0.3) is 0 Å². The van der Waals surface area contributed by atoms with Crippen molar-refractivity contribution < 1.29 is 31.0 Å². The van der Waals surface area contributed by atoms with Crippen LogP contribution in [-0.4, -0.2) is 12.3 Å². The van der Waals surface area contributed by atoms with Crippen LogP contribution < -0.4 is 21.2 Å². The number of hydrogen-bond donors (Lipinski definition) is 0. The summed E-state index contributed by atoms with van der Waals surface area (Å²) < 4.78 is 22.5. The van der Waals surface area contributed by atoms with E-state index in [1.54, 1.807) is 0 Å². The van der Waals surface area contributed by atoms with Crippen molar-refractivity contribution >= 4 is 37.1 Å². The van der Waals surface area contributed by atoms with Crippen LogP contribution in [0.2, 0.25) is 0 Å². The molecule has 0 unspecified atom stereocenters. The molecule has 4 aromatic rings. The van der Waals surface area contributed by atoms with Gasteiger partial charge in [-0.15, -0.1) is 0 Å². The van der Waals surface area contributed by atoms with Crippen molar-refractivity contribution in [3.05, 3.63) is 141 Å². The number of hydrogen-bond acceptors (Lipinski definition) is 0. The van der Waals surface area contributed by atoms with Gasteiger partial charge in [0.1, 0.15) is 0 Å². The van der Waals surface area contributed by atoms with Crippen molar-refractivity contribution in [1.29, 1.82) is 0 Å². The largest absolute Gasteiger partial charge is 0.0622 e. The van der Waals surface area contributed by atoms with E-state index in [0.29, 0.717) is 0 Å². The summed E-state index contributed by atoms with van der Waals surface area (Å²) in [5, 5.41) is 5.94. The second kappa shape index (κ2) is 21.7. The Kier molecular flexibility index (Phi) is 20.2. The van der Waals surface area contributed by atoms with Gasteiger partial charge in [-0.1, -0.05) is 121 Å². The van der Waals surface area contributed by atoms with Crippen molar-refractivity contribution in [1.82, 2.24) is 0 Å². The van der Waals surface area contributed by atoms with Gasteiger partial charge in [-0.25, -0.2) is 0 Å². The van der Waals surface area contributed by atoms with E-state index in [1.165, 1.54) is 40.0 Å². The first kappa shape index (κ1) is 33.5. The molecular formula is C30H26MnO3P2. The van der Waals surface area contributed by atoms with Gasteiger partial charge in [0.05, 0.1) is 0 Å². The van der Waals surface area contributed by atoms with Gasteiger partial charge in [-0.3, -0.25) is 0 Å². The first-order chi connectivity index (χ1) is 17.4. The Hall–Kier alpha value is -2.52. The molecule has 4 rings (SSSR count). The minimum Gasteiger partial charge on any atom is -0.0622 e. The minimum atomic E-state index is -0.309. The van der Waals surface area contributed by atoms with E-state index in [1.807, 2.05) is 0 Å². The third-order valence-corrected chi connectivity index (χ3v) is 10.2. The predicted molar refractivity (Wildman–Crippen MR) is 144 cm³/mol. The number of rotatable bonds is 8. The van der Waals surface area contributed by atoms with E-state index in [9.17, 15) is 0 Å². The fourth-order valence-corrected chi connectivity index (χ4v) is 8.59. The van der Waals surface area contributed by atoms with Crippen LogP contribution in [0.5, 0.6) is 0 Å². The molecule has 0 saturated heterocycles. The van der Waals surface area contributed by atoms with E-state index in [0.717, 1.165) is 0 Å². The summed E-state index contributed by atoms with van der Waals surface area (Å²) >= 11 is 0. The Labute approximate surface area is 227 Å². The van der Waals surface area contributed by atoms with Crippen molar-refractivity contribution in [2.24, 2.45) is 0 Å². The van der Waals surface area contributed by atoms with Gasteiger partial charge in [0.15, 0.2) is 0 Å². The van der Waals surface area contributed by atoms with Gasteiger partial charge in [-0.05, 0) is 55.8 Å². The molecule has 6 heteroatoms. The SMILES string of the molecule is [C-]#[O+].[C-]#[O+].[C-]#[O+].[Mn].c1ccc(P(CCCP(c2ccccc2)c2ccccc2)c2ccccc2)cc1. The van der Waals surface area contributed by atoms with Crippen LogP contribution in [-0.2, 0) is 31.0 Å². The third kappa shape index (κ3) is 11.0. The Morgan fingerprint density at radius 3 is 0.778 bits per heavy atom. The molecular weight excluding hydrogens is 525 g/mol. The Morgan fingerprint density at radius 1 is 0.389 bits per heavy atom. The molecule has 0 aliphatic heterocycles.